The minimum atomic E-state index is 0. The summed E-state index contributed by atoms with van der Waals surface area (Å²) >= 11 is 0. The number of para-hydroxylation sites is 2. The molecule has 0 spiro atoms. The van der Waals surface area contributed by atoms with Crippen LogP contribution in [0.15, 0.2) is 159 Å². The maximum absolute atomic E-state index is 4.83. The molecule has 0 saturated carbocycles. The van der Waals surface area contributed by atoms with Crippen LogP contribution in [0.25, 0.3) is 87.5 Å². The minimum Gasteiger partial charge on any atom is -1.00 e. The topological polar surface area (TPSA) is 103 Å². The zero-order valence-corrected chi connectivity index (χ0v) is 29.8. The van der Waals surface area contributed by atoms with Crippen molar-refractivity contribution in [3.05, 3.63) is 159 Å². The molecule has 0 N–H and O–H groups in total. The first-order chi connectivity index (χ1) is 24.8. The molecule has 0 amide bonds. The molecule has 0 fully saturated rings. The van der Waals surface area contributed by atoms with Gasteiger partial charge in [-0.05, 0) is 60.7 Å². The maximum atomic E-state index is 4.83. The van der Waals surface area contributed by atoms with Gasteiger partial charge in [-0.25, -0.2) is 9.97 Å². The fourth-order valence-electron chi connectivity index (χ4n) is 6.31. The van der Waals surface area contributed by atoms with Gasteiger partial charge in [0.1, 0.15) is 0 Å². The molecule has 52 heavy (non-hydrogen) atoms. The van der Waals surface area contributed by atoms with E-state index in [0.717, 1.165) is 87.5 Å². The molecule has 0 aliphatic carbocycles. The van der Waals surface area contributed by atoms with Gasteiger partial charge in [0.25, 0.3) is 0 Å². The van der Waals surface area contributed by atoms with Crippen molar-refractivity contribution in [1.82, 2.24) is 39.9 Å². The van der Waals surface area contributed by atoms with Crippen LogP contribution in [0.2, 0.25) is 0 Å². The van der Waals surface area contributed by atoms with Crippen LogP contribution in [-0.4, -0.2) is 39.9 Å². The third-order valence-corrected chi connectivity index (χ3v) is 8.61. The van der Waals surface area contributed by atoms with Gasteiger partial charge in [0.2, 0.25) is 0 Å². The molecule has 11 aromatic rings. The Labute approximate surface area is 316 Å². The number of hydrogen-bond donors (Lipinski definition) is 0. The number of pyridine rings is 6. The van der Waals surface area contributed by atoms with E-state index >= 15 is 0 Å². The van der Waals surface area contributed by atoms with Gasteiger partial charge < -0.3 is 12.4 Å². The van der Waals surface area contributed by atoms with Crippen molar-refractivity contribution < 1.29 is 31.9 Å². The number of aromatic nitrogens is 8. The van der Waals surface area contributed by atoms with Gasteiger partial charge in [0, 0.05) is 69.5 Å². The number of fused-ring (bicyclic) bond motifs is 13. The molecule has 0 aliphatic rings. The van der Waals surface area contributed by atoms with E-state index in [2.05, 4.69) is 78.4 Å². The molecule has 8 nitrogen and oxygen atoms in total. The average Bonchev–Trinajstić information content (AvgIpc) is 3.21. The second-order valence-corrected chi connectivity index (χ2v) is 11.6. The van der Waals surface area contributed by atoms with Crippen LogP contribution >= 0.6 is 0 Å². The van der Waals surface area contributed by atoms with E-state index in [9.17, 15) is 0 Å². The standard InChI is InChI=1S/C18H10N4.2C12H8N2.ClH.Ru/c1-2-8-14-13(7-1)21-17-11-5-3-9-19-15(11)16-12(18(17)22-14)6-4-10-20-16;2*1-3-9-5-6-10-4-2-8-14-12(10)11(9)13-7-1;;/h1-10H;2*1-8H;1H;/q;;;;+2/p-1. The molecule has 4 aromatic carbocycles. The van der Waals surface area contributed by atoms with Crippen LogP contribution in [0.3, 0.4) is 0 Å². The summed E-state index contributed by atoms with van der Waals surface area (Å²) in [5.74, 6) is 0. The van der Waals surface area contributed by atoms with E-state index in [-0.39, 0.29) is 31.9 Å². The van der Waals surface area contributed by atoms with Crippen LogP contribution < -0.4 is 12.4 Å². The average molecular weight is 779 g/mol. The van der Waals surface area contributed by atoms with Gasteiger partial charge in [-0.3, -0.25) is 29.9 Å². The summed E-state index contributed by atoms with van der Waals surface area (Å²) in [6.45, 7) is 0. The van der Waals surface area contributed by atoms with Crippen molar-refractivity contribution in [2.75, 3.05) is 0 Å². The first-order valence-electron chi connectivity index (χ1n) is 16.2. The van der Waals surface area contributed by atoms with Gasteiger partial charge in [-0.1, -0.05) is 60.7 Å². The number of nitrogens with zero attached hydrogens (tertiary/aromatic N) is 8. The normalized spacial score (nSPS) is 10.8. The summed E-state index contributed by atoms with van der Waals surface area (Å²) in [5.41, 5.74) is 9.19. The summed E-state index contributed by atoms with van der Waals surface area (Å²) in [4.78, 5) is 36.1. The first-order valence-corrected chi connectivity index (χ1v) is 16.2. The number of halogens is 1. The SMILES string of the molecule is [Cl-].[Ru+2].c1ccc2nc3c4cccnc4c4ncccc4c3nc2c1.c1cnc2c(c1)ccc1cccnc12.c1cnc2c(c1)ccc1cccnc12. The molecule has 10 heteroatoms. The maximum Gasteiger partial charge on any atom is 2.00 e. The predicted molar refractivity (Wildman–Crippen MR) is 202 cm³/mol. The van der Waals surface area contributed by atoms with Crippen molar-refractivity contribution in [3.63, 3.8) is 0 Å². The molecule has 248 valence electrons. The van der Waals surface area contributed by atoms with E-state index < -0.39 is 0 Å². The van der Waals surface area contributed by atoms with Crippen LogP contribution in [0, 0.1) is 0 Å². The van der Waals surface area contributed by atoms with E-state index in [1.807, 2.05) is 72.8 Å². The zero-order valence-electron chi connectivity index (χ0n) is 27.3. The Morgan fingerprint density at radius 1 is 0.269 bits per heavy atom. The molecular weight excluding hydrogens is 753 g/mol. The van der Waals surface area contributed by atoms with Gasteiger partial charge in [0.15, 0.2) is 0 Å². The van der Waals surface area contributed by atoms with Crippen molar-refractivity contribution in [2.24, 2.45) is 0 Å². The second-order valence-electron chi connectivity index (χ2n) is 11.6. The van der Waals surface area contributed by atoms with E-state index in [4.69, 9.17) is 9.97 Å². The number of rotatable bonds is 0. The Morgan fingerprint density at radius 3 is 0.885 bits per heavy atom. The molecule has 0 unspecified atom stereocenters. The molecule has 0 saturated heterocycles. The molecule has 0 aliphatic heterocycles. The molecule has 7 aromatic heterocycles. The minimum absolute atomic E-state index is 0. The quantitative estimate of drug-likeness (QED) is 0.0985. The monoisotopic (exact) mass is 779 g/mol. The third kappa shape index (κ3) is 6.32. The predicted octanol–water partition coefficient (Wildman–Crippen LogP) is 6.45. The Hall–Kier alpha value is -6.15. The van der Waals surface area contributed by atoms with Gasteiger partial charge in [-0.15, -0.1) is 0 Å². The number of hydrogen-bond acceptors (Lipinski definition) is 8. The van der Waals surface area contributed by atoms with Crippen molar-refractivity contribution in [2.45, 2.75) is 0 Å². The summed E-state index contributed by atoms with van der Waals surface area (Å²) in [5, 5.41) is 6.53. The first kappa shape index (κ1) is 34.3. The van der Waals surface area contributed by atoms with Crippen molar-refractivity contribution >= 4 is 87.5 Å². The smallest absolute Gasteiger partial charge is 1.00 e. The molecule has 0 radical (unpaired) electrons. The third-order valence-electron chi connectivity index (χ3n) is 8.61. The summed E-state index contributed by atoms with van der Waals surface area (Å²) in [6.07, 6.45) is 10.8. The Morgan fingerprint density at radius 2 is 0.558 bits per heavy atom. The Balaban J connectivity index is 0.000000124. The second kappa shape index (κ2) is 15.0. The van der Waals surface area contributed by atoms with Gasteiger partial charge in [-0.2, -0.15) is 0 Å². The fourth-order valence-corrected chi connectivity index (χ4v) is 6.31. The van der Waals surface area contributed by atoms with E-state index in [0.29, 0.717) is 0 Å². The van der Waals surface area contributed by atoms with Crippen LogP contribution in [0.5, 0.6) is 0 Å². The van der Waals surface area contributed by atoms with Gasteiger partial charge in [0.05, 0.1) is 55.2 Å². The van der Waals surface area contributed by atoms with E-state index in [1.54, 1.807) is 37.2 Å². The molecule has 7 heterocycles. The fraction of sp³-hybridized carbons (Fsp3) is 0. The Bertz CT molecular complexity index is 2720. The number of benzene rings is 4. The van der Waals surface area contributed by atoms with Crippen molar-refractivity contribution in [3.8, 4) is 0 Å². The van der Waals surface area contributed by atoms with Crippen LogP contribution in [0.4, 0.5) is 0 Å². The largest absolute Gasteiger partial charge is 2.00 e. The van der Waals surface area contributed by atoms with E-state index in [1.165, 1.54) is 0 Å². The molecule has 0 bridgehead atoms. The van der Waals surface area contributed by atoms with Crippen LogP contribution in [-0.2, 0) is 19.5 Å². The molecule has 11 rings (SSSR count). The van der Waals surface area contributed by atoms with Gasteiger partial charge >= 0.3 is 19.5 Å². The van der Waals surface area contributed by atoms with Crippen LogP contribution in [0.1, 0.15) is 0 Å². The summed E-state index contributed by atoms with van der Waals surface area (Å²) in [7, 11) is 0. The molecule has 0 atom stereocenters. The summed E-state index contributed by atoms with van der Waals surface area (Å²) < 4.78 is 0. The summed E-state index contributed by atoms with van der Waals surface area (Å²) in [6, 6.07) is 40.1. The Kier molecular flexibility index (Phi) is 9.89. The van der Waals surface area contributed by atoms with Crippen molar-refractivity contribution in [1.29, 1.82) is 0 Å². The molecular formula is C42H26ClN8Ru+. The zero-order chi connectivity index (χ0) is 33.3.